The molecule has 0 saturated carbocycles. The average molecular weight is 612 g/mol. The lowest BCUT2D eigenvalue weighted by molar-refractivity contribution is -0.140. The van der Waals surface area contributed by atoms with Crippen LogP contribution in [0.25, 0.3) is 21.5 Å². The van der Waals surface area contributed by atoms with Crippen LogP contribution < -0.4 is 4.31 Å². The van der Waals surface area contributed by atoms with Crippen LogP contribution in [0.1, 0.15) is 11.1 Å². The van der Waals surface area contributed by atoms with E-state index in [1.165, 1.54) is 18.2 Å². The lowest BCUT2D eigenvalue weighted by Gasteiger charge is -2.24. The summed E-state index contributed by atoms with van der Waals surface area (Å²) in [7, 11) is -4.34. The Hall–Kier alpha value is -3.36. The van der Waals surface area contributed by atoms with Crippen LogP contribution in [0.4, 0.5) is 22.6 Å². The molecule has 5 aromatic rings. The monoisotopic (exact) mass is 611 g/mol. The maximum Gasteiger partial charge on any atom is 0.419 e. The Balaban J connectivity index is 1.66. The first-order valence-electron chi connectivity index (χ1n) is 10.5. The molecule has 0 bridgehead atoms. The molecule has 5 rings (SSSR count). The highest BCUT2D eigenvalue weighted by Gasteiger charge is 2.35. The standard InChI is InChI=1S/C23H14BrF4N5O2S2/c24-20-16-6-1-2-7-19(16)36-22(20)33(12-13-8-9-18(25)17(10-13)23(26,27)28)37(34,35)15-5-3-4-14(11-15)21-29-31-32-30-21/h1-11H,12H2,(H,29,30,31,32). The van der Waals surface area contributed by atoms with Gasteiger partial charge in [-0.1, -0.05) is 36.4 Å². The van der Waals surface area contributed by atoms with Crippen molar-refractivity contribution >= 4 is 52.4 Å². The molecule has 14 heteroatoms. The molecule has 0 saturated heterocycles. The summed E-state index contributed by atoms with van der Waals surface area (Å²) in [5, 5.41) is 14.3. The number of benzene rings is 3. The summed E-state index contributed by atoms with van der Waals surface area (Å²) in [5.74, 6) is -1.21. The molecule has 0 radical (unpaired) electrons. The van der Waals surface area contributed by atoms with Gasteiger partial charge in [0.15, 0.2) is 5.82 Å². The number of aromatic nitrogens is 4. The number of hydrogen-bond acceptors (Lipinski definition) is 6. The summed E-state index contributed by atoms with van der Waals surface area (Å²) in [6, 6.07) is 15.4. The molecular weight excluding hydrogens is 598 g/mol. The fourth-order valence-corrected chi connectivity index (χ4v) is 7.56. The first kappa shape index (κ1) is 25.3. The number of rotatable bonds is 6. The van der Waals surface area contributed by atoms with Crippen molar-refractivity contribution in [3.05, 3.63) is 88.1 Å². The number of sulfonamides is 1. The van der Waals surface area contributed by atoms with Crippen molar-refractivity contribution in [2.24, 2.45) is 0 Å². The summed E-state index contributed by atoms with van der Waals surface area (Å²) in [6.07, 6.45) is -4.94. The van der Waals surface area contributed by atoms with Gasteiger partial charge in [-0.05, 0) is 62.3 Å². The number of halogens is 5. The smallest absolute Gasteiger partial charge is 0.251 e. The van der Waals surface area contributed by atoms with Crippen LogP contribution in [0.2, 0.25) is 0 Å². The van der Waals surface area contributed by atoms with E-state index in [0.29, 0.717) is 22.2 Å². The molecule has 37 heavy (non-hydrogen) atoms. The molecule has 0 aliphatic heterocycles. The molecule has 0 fully saturated rings. The van der Waals surface area contributed by atoms with E-state index >= 15 is 0 Å². The highest BCUT2D eigenvalue weighted by atomic mass is 79.9. The lowest BCUT2D eigenvalue weighted by Crippen LogP contribution is -2.30. The maximum absolute atomic E-state index is 14.0. The average Bonchev–Trinajstić information content (AvgIpc) is 3.52. The number of thiophene rings is 1. The predicted octanol–water partition coefficient (Wildman–Crippen LogP) is 6.40. The number of alkyl halides is 3. The lowest BCUT2D eigenvalue weighted by atomic mass is 10.1. The quantitative estimate of drug-likeness (QED) is 0.224. The maximum atomic E-state index is 14.0. The van der Waals surface area contributed by atoms with Crippen molar-refractivity contribution in [1.82, 2.24) is 20.6 Å². The molecule has 190 valence electrons. The van der Waals surface area contributed by atoms with Crippen LogP contribution in [0.15, 0.2) is 76.1 Å². The molecule has 0 amide bonds. The Morgan fingerprint density at radius 2 is 1.81 bits per heavy atom. The van der Waals surface area contributed by atoms with Crippen molar-refractivity contribution in [3.8, 4) is 11.4 Å². The fraction of sp³-hybridized carbons (Fsp3) is 0.0870. The van der Waals surface area contributed by atoms with Crippen LogP contribution in [-0.4, -0.2) is 29.0 Å². The van der Waals surface area contributed by atoms with Gasteiger partial charge in [-0.2, -0.15) is 13.2 Å². The van der Waals surface area contributed by atoms with Crippen LogP contribution in [0.3, 0.4) is 0 Å². The first-order chi connectivity index (χ1) is 17.6. The summed E-state index contributed by atoms with van der Waals surface area (Å²) in [4.78, 5) is -0.135. The molecule has 0 aliphatic carbocycles. The second-order valence-electron chi connectivity index (χ2n) is 7.82. The van der Waals surface area contributed by atoms with Gasteiger partial charge in [0.05, 0.1) is 21.5 Å². The minimum Gasteiger partial charge on any atom is -0.251 e. The Morgan fingerprint density at radius 1 is 1.03 bits per heavy atom. The molecule has 0 spiro atoms. The number of tetrazole rings is 1. The van der Waals surface area contributed by atoms with E-state index in [4.69, 9.17) is 0 Å². The Labute approximate surface area is 219 Å². The van der Waals surface area contributed by atoms with Crippen LogP contribution in [0, 0.1) is 5.82 Å². The van der Waals surface area contributed by atoms with Gasteiger partial charge >= 0.3 is 6.18 Å². The van der Waals surface area contributed by atoms with Crippen molar-refractivity contribution in [3.63, 3.8) is 0 Å². The van der Waals surface area contributed by atoms with Gasteiger partial charge in [0.1, 0.15) is 10.8 Å². The minimum absolute atomic E-state index is 0.0442. The molecule has 3 aromatic carbocycles. The number of hydrogen-bond donors (Lipinski definition) is 1. The molecule has 2 aromatic heterocycles. The molecule has 0 unspecified atom stereocenters. The van der Waals surface area contributed by atoms with Gasteiger partial charge in [0, 0.05) is 15.6 Å². The van der Waals surface area contributed by atoms with Gasteiger partial charge in [0.2, 0.25) is 0 Å². The van der Waals surface area contributed by atoms with E-state index in [1.807, 2.05) is 0 Å². The van der Waals surface area contributed by atoms with Crippen LogP contribution >= 0.6 is 27.3 Å². The fourth-order valence-electron chi connectivity index (χ4n) is 3.69. The first-order valence-corrected chi connectivity index (χ1v) is 13.5. The normalized spacial score (nSPS) is 12.2. The number of fused-ring (bicyclic) bond motifs is 1. The molecule has 7 nitrogen and oxygen atoms in total. The highest BCUT2D eigenvalue weighted by Crippen LogP contribution is 2.45. The zero-order chi connectivity index (χ0) is 26.4. The molecule has 1 N–H and O–H groups in total. The number of nitrogens with one attached hydrogen (secondary N) is 1. The number of H-pyrrole nitrogens is 1. The van der Waals surface area contributed by atoms with Gasteiger partial charge in [-0.25, -0.2) is 17.9 Å². The summed E-state index contributed by atoms with van der Waals surface area (Å²) in [5.41, 5.74) is -1.13. The van der Waals surface area contributed by atoms with E-state index in [0.717, 1.165) is 31.8 Å². The van der Waals surface area contributed by atoms with Gasteiger partial charge < -0.3 is 0 Å². The van der Waals surface area contributed by atoms with Crippen molar-refractivity contribution < 1.29 is 26.0 Å². The van der Waals surface area contributed by atoms with Crippen molar-refractivity contribution in [1.29, 1.82) is 0 Å². The summed E-state index contributed by atoms with van der Waals surface area (Å²) >= 11 is 4.62. The largest absolute Gasteiger partial charge is 0.419 e. The van der Waals surface area contributed by atoms with Gasteiger partial charge in [-0.15, -0.1) is 16.4 Å². The van der Waals surface area contributed by atoms with Gasteiger partial charge in [-0.3, -0.25) is 4.31 Å². The van der Waals surface area contributed by atoms with E-state index < -0.39 is 34.1 Å². The zero-order valence-corrected chi connectivity index (χ0v) is 21.6. The number of aromatic amines is 1. The van der Waals surface area contributed by atoms with E-state index in [1.54, 1.807) is 30.3 Å². The number of anilines is 1. The summed E-state index contributed by atoms with van der Waals surface area (Å²) < 4.78 is 84.3. The third-order valence-corrected chi connectivity index (χ3v) is 9.56. The third kappa shape index (κ3) is 4.83. The molecular formula is C23H14BrF4N5O2S2. The Morgan fingerprint density at radius 3 is 2.51 bits per heavy atom. The predicted molar refractivity (Wildman–Crippen MR) is 134 cm³/mol. The second kappa shape index (κ2) is 9.50. The van der Waals surface area contributed by atoms with E-state index in [-0.39, 0.29) is 21.3 Å². The van der Waals surface area contributed by atoms with Gasteiger partial charge in [0.25, 0.3) is 10.0 Å². The highest BCUT2D eigenvalue weighted by molar-refractivity contribution is 9.10. The third-order valence-electron chi connectivity index (χ3n) is 5.45. The number of nitrogens with zero attached hydrogens (tertiary/aromatic N) is 4. The SMILES string of the molecule is O=S(=O)(c1cccc(-c2nnn[nH]2)c1)N(Cc1ccc(F)c(C(F)(F)F)c1)c1sc2ccccc2c1Br. The van der Waals surface area contributed by atoms with Crippen LogP contribution in [0.5, 0.6) is 0 Å². The molecule has 0 atom stereocenters. The molecule has 2 heterocycles. The second-order valence-corrected chi connectivity index (χ2v) is 11.5. The van der Waals surface area contributed by atoms with E-state index in [9.17, 15) is 26.0 Å². The zero-order valence-electron chi connectivity index (χ0n) is 18.4. The summed E-state index contributed by atoms with van der Waals surface area (Å²) in [6.45, 7) is -0.481. The Kier molecular flexibility index (Phi) is 6.50. The van der Waals surface area contributed by atoms with Crippen LogP contribution in [-0.2, 0) is 22.7 Å². The van der Waals surface area contributed by atoms with E-state index in [2.05, 4.69) is 36.6 Å². The Bertz CT molecular complexity index is 1710. The minimum atomic E-state index is -4.94. The van der Waals surface area contributed by atoms with Crippen molar-refractivity contribution in [2.75, 3.05) is 4.31 Å². The molecule has 0 aliphatic rings. The topological polar surface area (TPSA) is 91.8 Å². The van der Waals surface area contributed by atoms with Crippen molar-refractivity contribution in [2.45, 2.75) is 17.6 Å².